The van der Waals surface area contributed by atoms with Crippen molar-refractivity contribution in [3.63, 3.8) is 0 Å². The molecule has 0 amide bonds. The SMILES string of the molecule is O=c1ncccn1CC1(CS)CCOCC1. The Balaban J connectivity index is 2.18. The normalized spacial score (nSPS) is 19.6. The van der Waals surface area contributed by atoms with E-state index < -0.39 is 0 Å². The molecule has 0 bridgehead atoms. The topological polar surface area (TPSA) is 44.1 Å². The lowest BCUT2D eigenvalue weighted by atomic mass is 9.82. The number of ether oxygens (including phenoxy) is 1. The van der Waals surface area contributed by atoms with Gasteiger partial charge in [-0.05, 0) is 24.7 Å². The summed E-state index contributed by atoms with van der Waals surface area (Å²) in [5.41, 5.74) is -0.107. The molecule has 2 rings (SSSR count). The fourth-order valence-corrected chi connectivity index (χ4v) is 2.46. The average Bonchev–Trinajstić information content (AvgIpc) is 2.33. The quantitative estimate of drug-likeness (QED) is 0.801. The Kier molecular flexibility index (Phi) is 3.66. The van der Waals surface area contributed by atoms with E-state index >= 15 is 0 Å². The van der Waals surface area contributed by atoms with E-state index in [0.29, 0.717) is 6.54 Å². The summed E-state index contributed by atoms with van der Waals surface area (Å²) in [7, 11) is 0. The number of hydrogen-bond donors (Lipinski definition) is 1. The van der Waals surface area contributed by atoms with Crippen LogP contribution in [0.25, 0.3) is 0 Å². The van der Waals surface area contributed by atoms with Crippen molar-refractivity contribution in [2.75, 3.05) is 19.0 Å². The summed E-state index contributed by atoms with van der Waals surface area (Å²) in [5.74, 6) is 0.775. The molecule has 16 heavy (non-hydrogen) atoms. The van der Waals surface area contributed by atoms with E-state index in [-0.39, 0.29) is 11.1 Å². The average molecular weight is 240 g/mol. The Morgan fingerprint density at radius 2 is 2.25 bits per heavy atom. The van der Waals surface area contributed by atoms with Crippen LogP contribution in [-0.2, 0) is 11.3 Å². The molecule has 1 aromatic heterocycles. The van der Waals surface area contributed by atoms with Crippen LogP contribution in [-0.4, -0.2) is 28.5 Å². The zero-order chi connectivity index (χ0) is 11.4. The van der Waals surface area contributed by atoms with Gasteiger partial charge in [0.15, 0.2) is 0 Å². The molecular formula is C11H16N2O2S. The van der Waals surface area contributed by atoms with Crippen LogP contribution in [0.3, 0.4) is 0 Å². The lowest BCUT2D eigenvalue weighted by Gasteiger charge is -2.36. The molecule has 1 aliphatic heterocycles. The van der Waals surface area contributed by atoms with Gasteiger partial charge in [0, 0.05) is 37.6 Å². The molecule has 0 saturated carbocycles. The van der Waals surface area contributed by atoms with Gasteiger partial charge in [-0.1, -0.05) is 0 Å². The molecule has 4 nitrogen and oxygen atoms in total. The third kappa shape index (κ3) is 2.47. The second-order valence-corrected chi connectivity index (χ2v) is 4.62. The van der Waals surface area contributed by atoms with Gasteiger partial charge < -0.3 is 4.74 Å². The van der Waals surface area contributed by atoms with Crippen molar-refractivity contribution in [3.8, 4) is 0 Å². The van der Waals surface area contributed by atoms with Gasteiger partial charge in [0.1, 0.15) is 0 Å². The van der Waals surface area contributed by atoms with E-state index in [0.717, 1.165) is 31.8 Å². The summed E-state index contributed by atoms with van der Waals surface area (Å²) in [6.07, 6.45) is 5.22. The molecule has 0 atom stereocenters. The molecule has 0 unspecified atom stereocenters. The van der Waals surface area contributed by atoms with Crippen LogP contribution in [0, 0.1) is 5.41 Å². The van der Waals surface area contributed by atoms with Gasteiger partial charge in [-0.3, -0.25) is 4.57 Å². The van der Waals surface area contributed by atoms with Gasteiger partial charge in [0.05, 0.1) is 0 Å². The first-order valence-corrected chi connectivity index (χ1v) is 6.09. The monoisotopic (exact) mass is 240 g/mol. The van der Waals surface area contributed by atoms with Crippen LogP contribution in [0.15, 0.2) is 23.3 Å². The van der Waals surface area contributed by atoms with E-state index in [2.05, 4.69) is 17.6 Å². The van der Waals surface area contributed by atoms with Crippen LogP contribution in [0.1, 0.15) is 12.8 Å². The summed E-state index contributed by atoms with van der Waals surface area (Å²) >= 11 is 4.42. The van der Waals surface area contributed by atoms with Gasteiger partial charge >= 0.3 is 5.69 Å². The Hall–Kier alpha value is -0.810. The molecule has 5 heteroatoms. The maximum absolute atomic E-state index is 11.5. The highest BCUT2D eigenvalue weighted by atomic mass is 32.1. The van der Waals surface area contributed by atoms with Crippen LogP contribution in [0.4, 0.5) is 0 Å². The maximum atomic E-state index is 11.5. The van der Waals surface area contributed by atoms with Crippen LogP contribution >= 0.6 is 12.6 Å². The fraction of sp³-hybridized carbons (Fsp3) is 0.636. The Labute approximate surface area is 100 Å². The molecule has 1 fully saturated rings. The van der Waals surface area contributed by atoms with E-state index in [1.54, 1.807) is 16.8 Å². The number of rotatable bonds is 3. The molecular weight excluding hydrogens is 224 g/mol. The van der Waals surface area contributed by atoms with Crippen molar-refractivity contribution in [1.29, 1.82) is 0 Å². The lowest BCUT2D eigenvalue weighted by molar-refractivity contribution is 0.0175. The van der Waals surface area contributed by atoms with E-state index in [9.17, 15) is 4.79 Å². The van der Waals surface area contributed by atoms with Crippen molar-refractivity contribution >= 4 is 12.6 Å². The maximum Gasteiger partial charge on any atom is 0.347 e. The van der Waals surface area contributed by atoms with Crippen LogP contribution in [0.5, 0.6) is 0 Å². The highest BCUT2D eigenvalue weighted by Gasteiger charge is 2.31. The first kappa shape index (κ1) is 11.7. The Morgan fingerprint density at radius 1 is 1.50 bits per heavy atom. The van der Waals surface area contributed by atoms with Gasteiger partial charge in [-0.2, -0.15) is 12.6 Å². The molecule has 0 radical (unpaired) electrons. The Morgan fingerprint density at radius 3 is 2.88 bits per heavy atom. The van der Waals surface area contributed by atoms with Gasteiger partial charge in [0.2, 0.25) is 0 Å². The smallest absolute Gasteiger partial charge is 0.347 e. The fourth-order valence-electron chi connectivity index (χ4n) is 2.04. The van der Waals surface area contributed by atoms with Gasteiger partial charge in [-0.25, -0.2) is 9.78 Å². The lowest BCUT2D eigenvalue weighted by Crippen LogP contribution is -2.38. The third-order valence-corrected chi connectivity index (χ3v) is 3.85. The molecule has 1 saturated heterocycles. The second-order valence-electron chi connectivity index (χ2n) is 4.30. The molecule has 0 aromatic carbocycles. The number of aromatic nitrogens is 2. The van der Waals surface area contributed by atoms with E-state index in [1.807, 2.05) is 0 Å². The first-order chi connectivity index (χ1) is 7.76. The third-order valence-electron chi connectivity index (χ3n) is 3.18. The predicted octanol–water partition coefficient (Wildman–Crippen LogP) is 0.970. The zero-order valence-corrected chi connectivity index (χ0v) is 10.0. The number of thiol groups is 1. The number of nitrogens with zero attached hydrogens (tertiary/aromatic N) is 2. The highest BCUT2D eigenvalue weighted by Crippen LogP contribution is 2.33. The minimum atomic E-state index is -0.185. The number of hydrogen-bond acceptors (Lipinski definition) is 4. The summed E-state index contributed by atoms with van der Waals surface area (Å²) < 4.78 is 7.03. The first-order valence-electron chi connectivity index (χ1n) is 5.46. The Bertz CT molecular complexity index is 399. The van der Waals surface area contributed by atoms with Crippen molar-refractivity contribution in [3.05, 3.63) is 28.9 Å². The standard InChI is InChI=1S/C11H16N2O2S/c14-10-12-4-1-5-13(10)8-11(9-16)2-6-15-7-3-11/h1,4-5,16H,2-3,6-9H2. The second kappa shape index (κ2) is 5.01. The predicted molar refractivity (Wildman–Crippen MR) is 64.8 cm³/mol. The van der Waals surface area contributed by atoms with Crippen LogP contribution < -0.4 is 5.69 Å². The minimum absolute atomic E-state index is 0.0776. The minimum Gasteiger partial charge on any atom is -0.381 e. The largest absolute Gasteiger partial charge is 0.381 e. The highest BCUT2D eigenvalue weighted by molar-refractivity contribution is 7.80. The van der Waals surface area contributed by atoms with Gasteiger partial charge in [-0.15, -0.1) is 0 Å². The molecule has 1 aliphatic rings. The van der Waals surface area contributed by atoms with Crippen LogP contribution in [0.2, 0.25) is 0 Å². The van der Waals surface area contributed by atoms with E-state index in [1.165, 1.54) is 6.20 Å². The summed E-state index contributed by atoms with van der Waals surface area (Å²) in [6, 6.07) is 1.78. The van der Waals surface area contributed by atoms with Crippen molar-refractivity contribution in [2.45, 2.75) is 19.4 Å². The molecule has 88 valence electrons. The summed E-state index contributed by atoms with van der Waals surface area (Å²) in [4.78, 5) is 15.3. The van der Waals surface area contributed by atoms with Crippen molar-refractivity contribution < 1.29 is 4.74 Å². The molecule has 0 N–H and O–H groups in total. The van der Waals surface area contributed by atoms with Crippen molar-refractivity contribution in [2.24, 2.45) is 5.41 Å². The molecule has 0 spiro atoms. The molecule has 1 aromatic rings. The summed E-state index contributed by atoms with van der Waals surface area (Å²) in [6.45, 7) is 2.21. The van der Waals surface area contributed by atoms with Crippen molar-refractivity contribution in [1.82, 2.24) is 9.55 Å². The van der Waals surface area contributed by atoms with Gasteiger partial charge in [0.25, 0.3) is 0 Å². The molecule has 2 heterocycles. The zero-order valence-electron chi connectivity index (χ0n) is 9.13. The van der Waals surface area contributed by atoms with E-state index in [4.69, 9.17) is 4.74 Å². The summed E-state index contributed by atoms with van der Waals surface area (Å²) in [5, 5.41) is 0. The molecule has 0 aliphatic carbocycles.